The molecule has 1 fully saturated rings. The predicted molar refractivity (Wildman–Crippen MR) is 76.4 cm³/mol. The largest absolute Gasteiger partial charge is 0.310 e. The highest BCUT2D eigenvalue weighted by Crippen LogP contribution is 2.24. The molecular formula is C14H19ClN2O2. The SMILES string of the molecule is O=[N+]([O-])c1cc(Cl)ccc1CNC1CCCCCC1. The van der Waals surface area contributed by atoms with Gasteiger partial charge in [0.05, 0.1) is 4.92 Å². The third kappa shape index (κ3) is 4.18. The van der Waals surface area contributed by atoms with E-state index in [1.807, 2.05) is 0 Å². The van der Waals surface area contributed by atoms with Crippen molar-refractivity contribution in [3.8, 4) is 0 Å². The molecule has 0 aliphatic heterocycles. The zero-order chi connectivity index (χ0) is 13.7. The van der Waals surface area contributed by atoms with E-state index in [1.54, 1.807) is 12.1 Å². The van der Waals surface area contributed by atoms with Gasteiger partial charge in [-0.25, -0.2) is 0 Å². The molecule has 104 valence electrons. The molecular weight excluding hydrogens is 264 g/mol. The van der Waals surface area contributed by atoms with Crippen LogP contribution in [0.3, 0.4) is 0 Å². The minimum absolute atomic E-state index is 0.105. The van der Waals surface area contributed by atoms with Crippen molar-refractivity contribution in [1.29, 1.82) is 0 Å². The van der Waals surface area contributed by atoms with Crippen molar-refractivity contribution < 1.29 is 4.92 Å². The molecule has 1 saturated carbocycles. The van der Waals surface area contributed by atoms with Gasteiger partial charge in [0.15, 0.2) is 0 Å². The molecule has 0 spiro atoms. The predicted octanol–water partition coefficient (Wildman–Crippen LogP) is 4.06. The smallest absolute Gasteiger partial charge is 0.275 e. The summed E-state index contributed by atoms with van der Waals surface area (Å²) in [6.07, 6.45) is 7.45. The number of benzene rings is 1. The highest BCUT2D eigenvalue weighted by molar-refractivity contribution is 6.30. The van der Waals surface area contributed by atoms with Crippen molar-refractivity contribution in [2.75, 3.05) is 0 Å². The summed E-state index contributed by atoms with van der Waals surface area (Å²) < 4.78 is 0. The number of rotatable bonds is 4. The van der Waals surface area contributed by atoms with Crippen LogP contribution in [0.5, 0.6) is 0 Å². The lowest BCUT2D eigenvalue weighted by Gasteiger charge is -2.16. The van der Waals surface area contributed by atoms with Crippen molar-refractivity contribution >= 4 is 17.3 Å². The Hall–Kier alpha value is -1.13. The van der Waals surface area contributed by atoms with Gasteiger partial charge >= 0.3 is 0 Å². The van der Waals surface area contributed by atoms with Gasteiger partial charge in [0.2, 0.25) is 0 Å². The van der Waals surface area contributed by atoms with Crippen molar-refractivity contribution in [3.05, 3.63) is 38.9 Å². The molecule has 1 aromatic carbocycles. The van der Waals surface area contributed by atoms with Gasteiger partial charge in [-0.05, 0) is 25.0 Å². The standard InChI is InChI=1S/C14H19ClN2O2/c15-12-8-7-11(14(9-12)17(18)19)10-16-13-5-3-1-2-4-6-13/h7-9,13,16H,1-6,10H2. The Morgan fingerprint density at radius 1 is 1.26 bits per heavy atom. The molecule has 4 nitrogen and oxygen atoms in total. The highest BCUT2D eigenvalue weighted by atomic mass is 35.5. The molecule has 2 rings (SSSR count). The maximum atomic E-state index is 11.0. The normalized spacial score (nSPS) is 17.1. The topological polar surface area (TPSA) is 55.2 Å². The summed E-state index contributed by atoms with van der Waals surface area (Å²) in [7, 11) is 0. The maximum Gasteiger partial charge on any atom is 0.275 e. The van der Waals surface area contributed by atoms with E-state index in [1.165, 1.54) is 44.6 Å². The number of nitro benzene ring substituents is 1. The third-order valence-electron chi connectivity index (χ3n) is 3.68. The first kappa shape index (κ1) is 14.3. The van der Waals surface area contributed by atoms with Crippen molar-refractivity contribution in [1.82, 2.24) is 5.32 Å². The zero-order valence-corrected chi connectivity index (χ0v) is 11.7. The van der Waals surface area contributed by atoms with Crippen LogP contribution in [0.15, 0.2) is 18.2 Å². The second-order valence-corrected chi connectivity index (χ2v) is 5.54. The van der Waals surface area contributed by atoms with E-state index in [-0.39, 0.29) is 10.6 Å². The Labute approximate surface area is 118 Å². The Morgan fingerprint density at radius 2 is 1.95 bits per heavy atom. The third-order valence-corrected chi connectivity index (χ3v) is 3.92. The van der Waals surface area contributed by atoms with Crippen LogP contribution in [0.1, 0.15) is 44.1 Å². The molecule has 0 radical (unpaired) electrons. The number of hydrogen-bond acceptors (Lipinski definition) is 3. The van der Waals surface area contributed by atoms with Crippen LogP contribution < -0.4 is 5.32 Å². The van der Waals surface area contributed by atoms with Crippen molar-refractivity contribution in [2.24, 2.45) is 0 Å². The molecule has 0 aromatic heterocycles. The summed E-state index contributed by atoms with van der Waals surface area (Å²) in [6.45, 7) is 0.540. The molecule has 0 saturated heterocycles. The maximum absolute atomic E-state index is 11.0. The molecule has 0 heterocycles. The lowest BCUT2D eigenvalue weighted by Crippen LogP contribution is -2.28. The highest BCUT2D eigenvalue weighted by Gasteiger charge is 2.16. The second-order valence-electron chi connectivity index (χ2n) is 5.10. The molecule has 0 atom stereocenters. The molecule has 0 unspecified atom stereocenters. The van der Waals surface area contributed by atoms with E-state index in [0.717, 1.165) is 0 Å². The van der Waals surface area contributed by atoms with Crippen LogP contribution in [0, 0.1) is 10.1 Å². The summed E-state index contributed by atoms with van der Waals surface area (Å²) in [5, 5.41) is 14.9. The Bertz CT molecular complexity index is 443. The fourth-order valence-electron chi connectivity index (χ4n) is 2.59. The van der Waals surface area contributed by atoms with E-state index < -0.39 is 0 Å². The van der Waals surface area contributed by atoms with Crippen LogP contribution in [0.2, 0.25) is 5.02 Å². The van der Waals surface area contributed by atoms with E-state index in [0.29, 0.717) is 23.2 Å². The van der Waals surface area contributed by atoms with Gasteiger partial charge < -0.3 is 5.32 Å². The van der Waals surface area contributed by atoms with Gasteiger partial charge in [-0.15, -0.1) is 0 Å². The van der Waals surface area contributed by atoms with E-state index in [4.69, 9.17) is 11.6 Å². The monoisotopic (exact) mass is 282 g/mol. The van der Waals surface area contributed by atoms with Gasteiger partial charge in [0.25, 0.3) is 5.69 Å². The quantitative estimate of drug-likeness (QED) is 0.515. The first-order chi connectivity index (χ1) is 9.16. The van der Waals surface area contributed by atoms with Gasteiger partial charge in [-0.3, -0.25) is 10.1 Å². The van der Waals surface area contributed by atoms with Crippen LogP contribution in [-0.4, -0.2) is 11.0 Å². The minimum atomic E-state index is -0.365. The molecule has 19 heavy (non-hydrogen) atoms. The number of nitrogens with one attached hydrogen (secondary N) is 1. The number of nitro groups is 1. The fraction of sp³-hybridized carbons (Fsp3) is 0.571. The summed E-state index contributed by atoms with van der Waals surface area (Å²) in [5.74, 6) is 0. The lowest BCUT2D eigenvalue weighted by molar-refractivity contribution is -0.385. The van der Waals surface area contributed by atoms with Crippen LogP contribution in [0.4, 0.5) is 5.69 Å². The number of nitrogens with zero attached hydrogens (tertiary/aromatic N) is 1. The van der Waals surface area contributed by atoms with Crippen LogP contribution in [0.25, 0.3) is 0 Å². The van der Waals surface area contributed by atoms with Crippen LogP contribution >= 0.6 is 11.6 Å². The Morgan fingerprint density at radius 3 is 2.58 bits per heavy atom. The fourth-order valence-corrected chi connectivity index (χ4v) is 2.76. The van der Waals surface area contributed by atoms with Gasteiger partial charge in [-0.2, -0.15) is 0 Å². The Kier molecular flexibility index (Phi) is 5.16. The summed E-state index contributed by atoms with van der Waals surface area (Å²) >= 11 is 5.81. The van der Waals surface area contributed by atoms with Crippen LogP contribution in [-0.2, 0) is 6.54 Å². The van der Waals surface area contributed by atoms with Gasteiger partial charge in [0.1, 0.15) is 0 Å². The van der Waals surface area contributed by atoms with E-state index >= 15 is 0 Å². The zero-order valence-electron chi connectivity index (χ0n) is 10.9. The van der Waals surface area contributed by atoms with Gasteiger partial charge in [0, 0.05) is 29.2 Å². The molecule has 0 amide bonds. The molecule has 5 heteroatoms. The number of halogens is 1. The van der Waals surface area contributed by atoms with E-state index in [2.05, 4.69) is 5.32 Å². The second kappa shape index (κ2) is 6.87. The molecule has 1 N–H and O–H groups in total. The molecule has 1 aliphatic carbocycles. The summed E-state index contributed by atoms with van der Waals surface area (Å²) in [5.41, 5.74) is 0.812. The Balaban J connectivity index is 2.00. The first-order valence-corrected chi connectivity index (χ1v) is 7.21. The summed E-state index contributed by atoms with van der Waals surface area (Å²) in [6, 6.07) is 5.35. The number of hydrogen-bond donors (Lipinski definition) is 1. The average molecular weight is 283 g/mol. The average Bonchev–Trinajstić information content (AvgIpc) is 2.65. The molecule has 1 aromatic rings. The van der Waals surface area contributed by atoms with Crippen molar-refractivity contribution in [3.63, 3.8) is 0 Å². The lowest BCUT2D eigenvalue weighted by atomic mass is 10.1. The molecule has 0 bridgehead atoms. The van der Waals surface area contributed by atoms with E-state index in [9.17, 15) is 10.1 Å². The summed E-state index contributed by atoms with van der Waals surface area (Å²) in [4.78, 5) is 10.6. The van der Waals surface area contributed by atoms with Crippen molar-refractivity contribution in [2.45, 2.75) is 51.1 Å². The molecule has 1 aliphatic rings. The van der Waals surface area contributed by atoms with Gasteiger partial charge in [-0.1, -0.05) is 37.3 Å². The minimum Gasteiger partial charge on any atom is -0.310 e. The first-order valence-electron chi connectivity index (χ1n) is 6.83.